The third-order valence-electron chi connectivity index (χ3n) is 10.1. The number of benzene rings is 3. The Balaban J connectivity index is 1.06. The molecule has 4 aromatic rings. The molecule has 1 saturated heterocycles. The SMILES string of the molecule is CC(C(=O)O)N1C(=O)C2C3CC(C2C1=O)C1C3Sc2[nH]c(=O)sc2[C@@H]1c1cccc(OCC(=O)Nc2ccc3ccccc3c2)c1. The summed E-state index contributed by atoms with van der Waals surface area (Å²) >= 11 is 2.72. The summed E-state index contributed by atoms with van der Waals surface area (Å²) in [6.45, 7) is 1.18. The van der Waals surface area contributed by atoms with Crippen LogP contribution < -0.4 is 14.9 Å². The van der Waals surface area contributed by atoms with Crippen molar-refractivity contribution in [2.75, 3.05) is 11.9 Å². The Morgan fingerprint density at radius 2 is 1.76 bits per heavy atom. The number of carbonyl (C=O) groups excluding carboxylic acids is 3. The van der Waals surface area contributed by atoms with Gasteiger partial charge in [0.25, 0.3) is 5.91 Å². The lowest BCUT2D eigenvalue weighted by atomic mass is 9.68. The smallest absolute Gasteiger partial charge is 0.326 e. The zero-order valence-corrected chi connectivity index (χ0v) is 26.2. The molecule has 2 aliphatic carbocycles. The molecule has 10 nitrogen and oxygen atoms in total. The molecule has 3 heterocycles. The third-order valence-corrected chi connectivity index (χ3v) is 12.7. The number of aromatic amines is 1. The maximum Gasteiger partial charge on any atom is 0.326 e. The van der Waals surface area contributed by atoms with Crippen molar-refractivity contribution in [3.05, 3.63) is 86.8 Å². The van der Waals surface area contributed by atoms with Gasteiger partial charge in [0.1, 0.15) is 11.8 Å². The molecule has 3 N–H and O–H groups in total. The Labute approximate surface area is 271 Å². The van der Waals surface area contributed by atoms with Gasteiger partial charge in [0.05, 0.1) is 16.9 Å². The molecule has 3 fully saturated rings. The summed E-state index contributed by atoms with van der Waals surface area (Å²) in [6.07, 6.45) is 0.700. The number of ether oxygens (including phenoxy) is 1. The molecule has 12 heteroatoms. The van der Waals surface area contributed by atoms with Crippen molar-refractivity contribution in [2.45, 2.75) is 35.6 Å². The molecule has 0 spiro atoms. The van der Waals surface area contributed by atoms with Crippen molar-refractivity contribution < 1.29 is 29.0 Å². The first-order chi connectivity index (χ1) is 22.2. The molecule has 4 aliphatic rings. The molecule has 8 rings (SSSR count). The Kier molecular flexibility index (Phi) is 6.84. The number of anilines is 1. The van der Waals surface area contributed by atoms with E-state index in [1.54, 1.807) is 17.8 Å². The number of thiazole rings is 1. The van der Waals surface area contributed by atoms with E-state index < -0.39 is 35.7 Å². The van der Waals surface area contributed by atoms with E-state index in [-0.39, 0.29) is 46.3 Å². The lowest BCUT2D eigenvalue weighted by Crippen LogP contribution is -2.44. The Hall–Kier alpha value is -4.42. The molecule has 8 atom stereocenters. The maximum atomic E-state index is 13.6. The van der Waals surface area contributed by atoms with Crippen LogP contribution in [0.15, 0.2) is 76.6 Å². The number of amides is 3. The second kappa shape index (κ2) is 10.8. The summed E-state index contributed by atoms with van der Waals surface area (Å²) in [5.41, 5.74) is 1.57. The maximum absolute atomic E-state index is 13.6. The van der Waals surface area contributed by atoms with Crippen LogP contribution in [0.5, 0.6) is 5.75 Å². The fourth-order valence-corrected chi connectivity index (χ4v) is 11.2. The summed E-state index contributed by atoms with van der Waals surface area (Å²) in [5.74, 6) is -3.44. The van der Waals surface area contributed by atoms with Gasteiger partial charge >= 0.3 is 10.8 Å². The lowest BCUT2D eigenvalue weighted by Gasteiger charge is -2.43. The van der Waals surface area contributed by atoms with Crippen LogP contribution in [0.25, 0.3) is 10.8 Å². The predicted molar refractivity (Wildman–Crippen MR) is 172 cm³/mol. The molecular formula is C34H29N3O7S2. The van der Waals surface area contributed by atoms with Crippen molar-refractivity contribution in [1.29, 1.82) is 0 Å². The van der Waals surface area contributed by atoms with E-state index in [1.807, 2.05) is 60.7 Å². The molecule has 7 unspecified atom stereocenters. The number of carboxylic acids is 1. The Bertz CT molecular complexity index is 2010. The van der Waals surface area contributed by atoms with Crippen molar-refractivity contribution in [2.24, 2.45) is 29.6 Å². The van der Waals surface area contributed by atoms with Crippen LogP contribution in [0.4, 0.5) is 5.69 Å². The number of carboxylic acid groups (broad SMARTS) is 1. The van der Waals surface area contributed by atoms with E-state index >= 15 is 0 Å². The molecule has 2 aliphatic heterocycles. The predicted octanol–water partition coefficient (Wildman–Crippen LogP) is 4.55. The highest BCUT2D eigenvalue weighted by atomic mass is 32.2. The molecule has 3 amide bonds. The summed E-state index contributed by atoms with van der Waals surface area (Å²) < 4.78 is 5.94. The van der Waals surface area contributed by atoms with Gasteiger partial charge in [0.2, 0.25) is 11.8 Å². The number of hydrogen-bond acceptors (Lipinski definition) is 8. The number of H-pyrrole nitrogens is 1. The van der Waals surface area contributed by atoms with E-state index in [1.165, 1.54) is 6.92 Å². The Morgan fingerprint density at radius 1 is 1.00 bits per heavy atom. The average Bonchev–Trinajstić information content (AvgIpc) is 3.78. The van der Waals surface area contributed by atoms with Crippen LogP contribution in [0.2, 0.25) is 0 Å². The van der Waals surface area contributed by atoms with Crippen LogP contribution in [-0.4, -0.2) is 56.6 Å². The minimum Gasteiger partial charge on any atom is -0.484 e. The van der Waals surface area contributed by atoms with Crippen LogP contribution in [-0.2, 0) is 19.2 Å². The molecule has 46 heavy (non-hydrogen) atoms. The highest BCUT2D eigenvalue weighted by Crippen LogP contribution is 2.68. The van der Waals surface area contributed by atoms with Gasteiger partial charge < -0.3 is 20.1 Å². The first-order valence-electron chi connectivity index (χ1n) is 15.2. The number of nitrogens with zero attached hydrogens (tertiary/aromatic N) is 1. The number of rotatable bonds is 7. The molecular weight excluding hydrogens is 627 g/mol. The standard InChI is InChI=1S/C34H29N3O7S2/c1-15(33(41)42)37-31(39)26-21-13-22(27(26)32(37)40)28-25(21)24(29-30(45-28)36-34(43)46-29)18-7-4-8-20(12-18)44-14-23(38)35-19-10-9-16-5-2-3-6-17(16)11-19/h2-12,15,21-22,24-28H,13-14H2,1H3,(H,35,38)(H,36,43)(H,41,42)/t15?,21?,22?,24-,25?,26?,27?,28?/m1/s1. The average molecular weight is 656 g/mol. The number of carbonyl (C=O) groups is 4. The second-order valence-electron chi connectivity index (χ2n) is 12.5. The van der Waals surface area contributed by atoms with Crippen molar-refractivity contribution in [1.82, 2.24) is 9.88 Å². The number of imide groups is 1. The number of aromatic nitrogens is 1. The van der Waals surface area contributed by atoms with Gasteiger partial charge in [-0.15, -0.1) is 11.8 Å². The highest BCUT2D eigenvalue weighted by molar-refractivity contribution is 8.00. The minimum absolute atomic E-state index is 0.0249. The van der Waals surface area contributed by atoms with Crippen molar-refractivity contribution in [3.8, 4) is 5.75 Å². The van der Waals surface area contributed by atoms with Gasteiger partial charge in [0.15, 0.2) is 6.61 Å². The third kappa shape index (κ3) is 4.49. The lowest BCUT2D eigenvalue weighted by molar-refractivity contribution is -0.154. The minimum atomic E-state index is -1.22. The van der Waals surface area contributed by atoms with E-state index in [2.05, 4.69) is 10.3 Å². The topological polar surface area (TPSA) is 146 Å². The molecule has 0 radical (unpaired) electrons. The van der Waals surface area contributed by atoms with E-state index in [0.717, 1.165) is 42.5 Å². The van der Waals surface area contributed by atoms with E-state index in [4.69, 9.17) is 4.74 Å². The molecule has 2 bridgehead atoms. The molecule has 3 aromatic carbocycles. The number of thioether (sulfide) groups is 1. The fraction of sp³-hybridized carbons (Fsp3) is 0.324. The van der Waals surface area contributed by atoms with Crippen LogP contribution >= 0.6 is 23.1 Å². The highest BCUT2D eigenvalue weighted by Gasteiger charge is 2.70. The summed E-state index contributed by atoms with van der Waals surface area (Å²) in [6, 6.07) is 19.9. The van der Waals surface area contributed by atoms with Crippen LogP contribution in [0.1, 0.15) is 29.7 Å². The van der Waals surface area contributed by atoms with Crippen LogP contribution in [0.3, 0.4) is 0 Å². The van der Waals surface area contributed by atoms with Crippen molar-refractivity contribution >= 4 is 63.2 Å². The number of likely N-dealkylation sites (tertiary alicyclic amines) is 1. The fourth-order valence-electron chi connectivity index (χ4n) is 8.32. The Morgan fingerprint density at radius 3 is 2.54 bits per heavy atom. The molecule has 234 valence electrons. The summed E-state index contributed by atoms with van der Waals surface area (Å²) in [7, 11) is 0. The molecule has 2 saturated carbocycles. The van der Waals surface area contributed by atoms with Gasteiger partial charge in [-0.1, -0.05) is 53.8 Å². The van der Waals surface area contributed by atoms with E-state index in [9.17, 15) is 29.1 Å². The second-order valence-corrected chi connectivity index (χ2v) is 14.7. The van der Waals surface area contributed by atoms with Crippen LogP contribution in [0, 0.1) is 29.6 Å². The normalized spacial score (nSPS) is 28.1. The summed E-state index contributed by atoms with van der Waals surface area (Å²) in [5, 5.41) is 15.3. The zero-order valence-electron chi connectivity index (χ0n) is 24.5. The number of fused-ring (bicyclic) bond motifs is 10. The first-order valence-corrected chi connectivity index (χ1v) is 16.9. The largest absolute Gasteiger partial charge is 0.484 e. The molecule has 1 aromatic heterocycles. The van der Waals surface area contributed by atoms with Gasteiger partial charge in [-0.2, -0.15) is 0 Å². The van der Waals surface area contributed by atoms with Gasteiger partial charge in [-0.3, -0.25) is 24.1 Å². The zero-order chi connectivity index (χ0) is 31.9. The summed E-state index contributed by atoms with van der Waals surface area (Å²) in [4.78, 5) is 68.9. The van der Waals surface area contributed by atoms with Crippen molar-refractivity contribution in [3.63, 3.8) is 0 Å². The first kappa shape index (κ1) is 29.0. The monoisotopic (exact) mass is 655 g/mol. The number of hydrogen-bond donors (Lipinski definition) is 3. The van der Waals surface area contributed by atoms with E-state index in [0.29, 0.717) is 17.9 Å². The number of aliphatic carboxylic acids is 1. The van der Waals surface area contributed by atoms with Gasteiger partial charge in [0, 0.05) is 21.7 Å². The van der Waals surface area contributed by atoms with Gasteiger partial charge in [-0.05, 0) is 71.7 Å². The van der Waals surface area contributed by atoms with Gasteiger partial charge in [-0.25, -0.2) is 4.79 Å². The number of nitrogens with one attached hydrogen (secondary N) is 2. The quantitative estimate of drug-likeness (QED) is 0.246.